The maximum atomic E-state index is 4.18. The second kappa shape index (κ2) is 4.15. The van der Waals surface area contributed by atoms with Crippen molar-refractivity contribution in [2.24, 2.45) is 0 Å². The third-order valence-corrected chi connectivity index (χ3v) is 1.57. The Morgan fingerprint density at radius 2 is 1.92 bits per heavy atom. The highest BCUT2D eigenvalue weighted by atomic mass is 35.5. The summed E-state index contributed by atoms with van der Waals surface area (Å²) < 4.78 is 0. The summed E-state index contributed by atoms with van der Waals surface area (Å²) in [6.45, 7) is 3.80. The molecule has 0 saturated heterocycles. The van der Waals surface area contributed by atoms with Crippen LogP contribution >= 0.6 is 12.4 Å². The first kappa shape index (κ1) is 11.8. The first-order valence-corrected chi connectivity index (χ1v) is 3.41. The standard InChI is InChI=1S/C7H8N4.ClH.H3N/c1-4-6-7(9-3-8-6)11-5(2)10-4;;/h3H,1-2H3,(H,8,9,10,11);1H;1H3. The molecule has 13 heavy (non-hydrogen) atoms. The molecule has 0 bridgehead atoms. The van der Waals surface area contributed by atoms with Crippen LogP contribution in [0.3, 0.4) is 0 Å². The van der Waals surface area contributed by atoms with Crippen molar-refractivity contribution in [2.75, 3.05) is 0 Å². The largest absolute Gasteiger partial charge is 0.344 e. The average molecular weight is 202 g/mol. The molecule has 2 aromatic heterocycles. The van der Waals surface area contributed by atoms with Crippen LogP contribution in [0, 0.1) is 13.8 Å². The third kappa shape index (κ3) is 1.93. The van der Waals surface area contributed by atoms with Crippen LogP contribution in [0.15, 0.2) is 6.33 Å². The molecule has 2 heterocycles. The van der Waals surface area contributed by atoms with E-state index in [0.29, 0.717) is 0 Å². The zero-order valence-electron chi connectivity index (χ0n) is 7.53. The molecule has 0 aliphatic carbocycles. The Kier molecular flexibility index (Phi) is 3.77. The van der Waals surface area contributed by atoms with E-state index in [9.17, 15) is 0 Å². The van der Waals surface area contributed by atoms with E-state index in [1.165, 1.54) is 0 Å². The lowest BCUT2D eigenvalue weighted by Gasteiger charge is -1.94. The average Bonchev–Trinajstić information content (AvgIpc) is 2.34. The number of imidazole rings is 1. The highest BCUT2D eigenvalue weighted by Crippen LogP contribution is 2.08. The lowest BCUT2D eigenvalue weighted by Crippen LogP contribution is -1.91. The number of rotatable bonds is 0. The predicted molar refractivity (Wildman–Crippen MR) is 53.4 cm³/mol. The summed E-state index contributed by atoms with van der Waals surface area (Å²) in [7, 11) is 0. The smallest absolute Gasteiger partial charge is 0.161 e. The molecule has 0 radical (unpaired) electrons. The van der Waals surface area contributed by atoms with E-state index in [1.807, 2.05) is 13.8 Å². The number of aryl methyl sites for hydroxylation is 2. The van der Waals surface area contributed by atoms with Gasteiger partial charge in [0.2, 0.25) is 0 Å². The summed E-state index contributed by atoms with van der Waals surface area (Å²) >= 11 is 0. The van der Waals surface area contributed by atoms with Gasteiger partial charge in [0.25, 0.3) is 0 Å². The van der Waals surface area contributed by atoms with E-state index in [1.54, 1.807) is 6.33 Å². The molecule has 2 rings (SSSR count). The van der Waals surface area contributed by atoms with Gasteiger partial charge in [-0.25, -0.2) is 15.0 Å². The molecule has 0 unspecified atom stereocenters. The fourth-order valence-corrected chi connectivity index (χ4v) is 1.12. The van der Waals surface area contributed by atoms with E-state index >= 15 is 0 Å². The van der Waals surface area contributed by atoms with E-state index in [4.69, 9.17) is 0 Å². The Bertz CT molecular complexity index is 397. The molecule has 4 N–H and O–H groups in total. The van der Waals surface area contributed by atoms with Gasteiger partial charge in [-0.1, -0.05) is 0 Å². The molecule has 0 aromatic carbocycles. The van der Waals surface area contributed by atoms with Gasteiger partial charge in [0.1, 0.15) is 11.3 Å². The van der Waals surface area contributed by atoms with E-state index in [2.05, 4.69) is 19.9 Å². The molecule has 0 fully saturated rings. The van der Waals surface area contributed by atoms with Crippen molar-refractivity contribution in [3.8, 4) is 0 Å². The number of fused-ring (bicyclic) bond motifs is 1. The molecular formula is C7H12ClN5. The van der Waals surface area contributed by atoms with Gasteiger partial charge in [-0.2, -0.15) is 0 Å². The Hall–Kier alpha value is -1.20. The monoisotopic (exact) mass is 201 g/mol. The fourth-order valence-electron chi connectivity index (χ4n) is 1.12. The summed E-state index contributed by atoms with van der Waals surface area (Å²) in [5, 5.41) is 0. The van der Waals surface area contributed by atoms with Crippen molar-refractivity contribution < 1.29 is 0 Å². The fraction of sp³-hybridized carbons (Fsp3) is 0.286. The maximum absolute atomic E-state index is 4.18. The van der Waals surface area contributed by atoms with Crippen LogP contribution in [-0.2, 0) is 0 Å². The summed E-state index contributed by atoms with van der Waals surface area (Å²) in [6.07, 6.45) is 1.63. The molecule has 72 valence electrons. The lowest BCUT2D eigenvalue weighted by atomic mass is 10.4. The number of hydrogen-bond donors (Lipinski definition) is 2. The second-order valence-corrected chi connectivity index (χ2v) is 2.46. The van der Waals surface area contributed by atoms with E-state index in [0.717, 1.165) is 22.7 Å². The Morgan fingerprint density at radius 1 is 1.23 bits per heavy atom. The van der Waals surface area contributed by atoms with Crippen molar-refractivity contribution in [1.82, 2.24) is 26.1 Å². The van der Waals surface area contributed by atoms with Gasteiger partial charge in [-0.05, 0) is 13.8 Å². The number of nitrogens with one attached hydrogen (secondary N) is 1. The number of aromatic amines is 1. The highest BCUT2D eigenvalue weighted by Gasteiger charge is 2.02. The molecular weight excluding hydrogens is 190 g/mol. The first-order valence-electron chi connectivity index (χ1n) is 3.41. The van der Waals surface area contributed by atoms with Gasteiger partial charge in [-0.15, -0.1) is 12.4 Å². The molecule has 6 heteroatoms. The predicted octanol–water partition coefficient (Wildman–Crippen LogP) is 1.55. The minimum Gasteiger partial charge on any atom is -0.344 e. The second-order valence-electron chi connectivity index (χ2n) is 2.46. The topological polar surface area (TPSA) is 89.5 Å². The molecule has 2 aromatic rings. The first-order chi connectivity index (χ1) is 5.27. The quantitative estimate of drug-likeness (QED) is 0.677. The molecule has 0 aliphatic heterocycles. The normalized spacial score (nSPS) is 9.08. The summed E-state index contributed by atoms with van der Waals surface area (Å²) in [6, 6.07) is 0. The van der Waals surface area contributed by atoms with Gasteiger partial charge in [0.05, 0.1) is 12.0 Å². The van der Waals surface area contributed by atoms with Gasteiger partial charge < -0.3 is 11.1 Å². The van der Waals surface area contributed by atoms with Gasteiger partial charge in [0.15, 0.2) is 5.65 Å². The van der Waals surface area contributed by atoms with Crippen LogP contribution in [0.5, 0.6) is 0 Å². The number of nitrogens with zero attached hydrogens (tertiary/aromatic N) is 3. The molecule has 0 atom stereocenters. The summed E-state index contributed by atoms with van der Waals surface area (Å²) in [5.41, 5.74) is 2.60. The lowest BCUT2D eigenvalue weighted by molar-refractivity contribution is 1.04. The van der Waals surface area contributed by atoms with Crippen molar-refractivity contribution in [3.05, 3.63) is 17.8 Å². The third-order valence-electron chi connectivity index (χ3n) is 1.57. The SMILES string of the molecule is Cc1nc(C)c2nc[nH]c2n1.Cl.N. The number of hydrogen-bond acceptors (Lipinski definition) is 4. The van der Waals surface area contributed by atoms with Crippen LogP contribution in [0.1, 0.15) is 11.5 Å². The molecule has 0 amide bonds. The van der Waals surface area contributed by atoms with Crippen molar-refractivity contribution in [3.63, 3.8) is 0 Å². The van der Waals surface area contributed by atoms with Crippen LogP contribution in [0.4, 0.5) is 0 Å². The number of halogens is 1. The van der Waals surface area contributed by atoms with Crippen LogP contribution in [0.2, 0.25) is 0 Å². The van der Waals surface area contributed by atoms with Crippen molar-refractivity contribution >= 4 is 23.6 Å². The Morgan fingerprint density at radius 3 is 2.62 bits per heavy atom. The van der Waals surface area contributed by atoms with Gasteiger partial charge in [0, 0.05) is 0 Å². The molecule has 0 spiro atoms. The molecule has 0 aliphatic rings. The van der Waals surface area contributed by atoms with E-state index < -0.39 is 0 Å². The Balaban J connectivity index is 0.000000720. The minimum atomic E-state index is 0. The van der Waals surface area contributed by atoms with Crippen molar-refractivity contribution in [1.29, 1.82) is 0 Å². The summed E-state index contributed by atoms with van der Waals surface area (Å²) in [4.78, 5) is 15.4. The van der Waals surface area contributed by atoms with Crippen LogP contribution < -0.4 is 6.15 Å². The van der Waals surface area contributed by atoms with Crippen LogP contribution in [-0.4, -0.2) is 19.9 Å². The zero-order valence-corrected chi connectivity index (χ0v) is 8.35. The van der Waals surface area contributed by atoms with Gasteiger partial charge >= 0.3 is 0 Å². The van der Waals surface area contributed by atoms with Crippen molar-refractivity contribution in [2.45, 2.75) is 13.8 Å². The molecule has 0 saturated carbocycles. The summed E-state index contributed by atoms with van der Waals surface area (Å²) in [5.74, 6) is 0.777. The molecule has 5 nitrogen and oxygen atoms in total. The highest BCUT2D eigenvalue weighted by molar-refractivity contribution is 5.85. The number of H-pyrrole nitrogens is 1. The minimum absolute atomic E-state index is 0. The Labute approximate surface area is 82.0 Å². The van der Waals surface area contributed by atoms with E-state index in [-0.39, 0.29) is 18.6 Å². The van der Waals surface area contributed by atoms with Crippen LogP contribution in [0.25, 0.3) is 11.2 Å². The number of aromatic nitrogens is 4. The van der Waals surface area contributed by atoms with Gasteiger partial charge in [-0.3, -0.25) is 0 Å². The maximum Gasteiger partial charge on any atom is 0.161 e. The zero-order chi connectivity index (χ0) is 7.84.